The van der Waals surface area contributed by atoms with Crippen molar-refractivity contribution in [3.63, 3.8) is 0 Å². The normalized spacial score (nSPS) is 18.8. The van der Waals surface area contributed by atoms with Crippen LogP contribution in [-0.2, 0) is 19.6 Å². The first-order valence-electron chi connectivity index (χ1n) is 7.77. The number of anilines is 1. The molecule has 2 atom stereocenters. The predicted molar refractivity (Wildman–Crippen MR) is 93.2 cm³/mol. The number of benzene rings is 2. The number of nitrogens with one attached hydrogen (secondary N) is 1. The average Bonchev–Trinajstić information content (AvgIpc) is 3.42. The Kier molecular flexibility index (Phi) is 4.64. The molecule has 0 heterocycles. The zero-order chi connectivity index (χ0) is 18.9. The molecular weight excluding hydrogens is 360 g/mol. The van der Waals surface area contributed by atoms with E-state index in [0.717, 1.165) is 11.6 Å². The van der Waals surface area contributed by atoms with Gasteiger partial charge in [0.1, 0.15) is 0 Å². The summed E-state index contributed by atoms with van der Waals surface area (Å²) < 4.78 is 32.0. The highest BCUT2D eigenvalue weighted by atomic mass is 32.2. The van der Waals surface area contributed by atoms with E-state index in [4.69, 9.17) is 4.74 Å². The minimum Gasteiger partial charge on any atom is -0.469 e. The molecule has 1 aliphatic carbocycles. The fourth-order valence-corrected chi connectivity index (χ4v) is 4.05. The highest BCUT2D eigenvalue weighted by molar-refractivity contribution is 7.92. The van der Waals surface area contributed by atoms with Gasteiger partial charge in [0.2, 0.25) is 0 Å². The van der Waals surface area contributed by atoms with Crippen LogP contribution in [-0.4, -0.2) is 26.4 Å². The quantitative estimate of drug-likeness (QED) is 0.471. The first-order valence-corrected chi connectivity index (χ1v) is 9.26. The topological polar surface area (TPSA) is 116 Å². The number of methoxy groups -OCH3 is 1. The van der Waals surface area contributed by atoms with E-state index in [1.54, 1.807) is 24.3 Å². The van der Waals surface area contributed by atoms with Gasteiger partial charge in [0, 0.05) is 11.8 Å². The molecule has 0 spiro atoms. The fraction of sp³-hybridized carbons (Fsp3) is 0.235. The number of ether oxygens (including phenoxy) is 1. The molecule has 0 aliphatic heterocycles. The molecule has 2 aromatic rings. The van der Waals surface area contributed by atoms with Crippen molar-refractivity contribution >= 4 is 27.4 Å². The lowest BCUT2D eigenvalue weighted by atomic mass is 10.1. The lowest BCUT2D eigenvalue weighted by Crippen LogP contribution is -2.14. The molecule has 0 aromatic heterocycles. The number of esters is 1. The van der Waals surface area contributed by atoms with E-state index in [-0.39, 0.29) is 23.5 Å². The standard InChI is InChI=1S/C17H16N2O6S/c1-25-17(20)14-10-13(14)11-6-8-12(9-7-11)18-26(23,24)16-5-3-2-4-15(16)19(21)22/h2-9,13-14,18H,10H2,1H3/t13-,14+/m0/s1. The molecule has 0 radical (unpaired) electrons. The van der Waals surface area contributed by atoms with Crippen LogP contribution in [0.15, 0.2) is 53.4 Å². The van der Waals surface area contributed by atoms with E-state index in [0.29, 0.717) is 6.42 Å². The van der Waals surface area contributed by atoms with Crippen LogP contribution < -0.4 is 4.72 Å². The molecule has 0 amide bonds. The Balaban J connectivity index is 1.77. The zero-order valence-electron chi connectivity index (χ0n) is 13.8. The van der Waals surface area contributed by atoms with Gasteiger partial charge in [0.25, 0.3) is 15.7 Å². The molecule has 2 aromatic carbocycles. The molecule has 8 nitrogen and oxygen atoms in total. The summed E-state index contributed by atoms with van der Waals surface area (Å²) in [6.45, 7) is 0. The van der Waals surface area contributed by atoms with Crippen LogP contribution in [0.5, 0.6) is 0 Å². The zero-order valence-corrected chi connectivity index (χ0v) is 14.6. The number of rotatable bonds is 6. The second kappa shape index (κ2) is 6.75. The van der Waals surface area contributed by atoms with Crippen LogP contribution >= 0.6 is 0 Å². The molecule has 9 heteroatoms. The summed E-state index contributed by atoms with van der Waals surface area (Å²) in [4.78, 5) is 21.4. The van der Waals surface area contributed by atoms with Crippen molar-refractivity contribution in [1.29, 1.82) is 0 Å². The van der Waals surface area contributed by atoms with Gasteiger partial charge in [-0.2, -0.15) is 0 Å². The lowest BCUT2D eigenvalue weighted by Gasteiger charge is -2.09. The van der Waals surface area contributed by atoms with Gasteiger partial charge in [0.05, 0.1) is 18.0 Å². The molecule has 1 saturated carbocycles. The molecule has 0 saturated heterocycles. The number of nitro benzene ring substituents is 1. The van der Waals surface area contributed by atoms with Crippen molar-refractivity contribution in [1.82, 2.24) is 0 Å². The van der Waals surface area contributed by atoms with Crippen LogP contribution in [0.4, 0.5) is 11.4 Å². The molecule has 3 rings (SSSR count). The molecule has 26 heavy (non-hydrogen) atoms. The fourth-order valence-electron chi connectivity index (χ4n) is 2.82. The Labute approximate surface area is 150 Å². The van der Waals surface area contributed by atoms with E-state index in [9.17, 15) is 23.3 Å². The third kappa shape index (κ3) is 3.52. The maximum atomic E-state index is 12.5. The number of para-hydroxylation sites is 1. The SMILES string of the molecule is COC(=O)[C@@H]1C[C@H]1c1ccc(NS(=O)(=O)c2ccccc2[N+](=O)[O-])cc1. The van der Waals surface area contributed by atoms with Crippen molar-refractivity contribution in [2.75, 3.05) is 11.8 Å². The molecule has 1 fully saturated rings. The Morgan fingerprint density at radius 2 is 1.85 bits per heavy atom. The third-order valence-corrected chi connectivity index (χ3v) is 5.67. The van der Waals surface area contributed by atoms with Gasteiger partial charge in [-0.3, -0.25) is 19.6 Å². The van der Waals surface area contributed by atoms with E-state index in [1.165, 1.54) is 25.3 Å². The predicted octanol–water partition coefficient (Wildman–Crippen LogP) is 2.67. The van der Waals surface area contributed by atoms with Crippen LogP contribution in [0.2, 0.25) is 0 Å². The van der Waals surface area contributed by atoms with Gasteiger partial charge in [-0.1, -0.05) is 24.3 Å². The Morgan fingerprint density at radius 1 is 1.19 bits per heavy atom. The van der Waals surface area contributed by atoms with Crippen molar-refractivity contribution in [3.05, 3.63) is 64.2 Å². The third-order valence-electron chi connectivity index (χ3n) is 4.24. The number of sulfonamides is 1. The van der Waals surface area contributed by atoms with Crippen molar-refractivity contribution < 1.29 is 22.9 Å². The number of carbonyl (C=O) groups excluding carboxylic acids is 1. The lowest BCUT2D eigenvalue weighted by molar-refractivity contribution is -0.387. The number of nitrogens with zero attached hydrogens (tertiary/aromatic N) is 1. The number of nitro groups is 1. The van der Waals surface area contributed by atoms with Gasteiger partial charge in [-0.05, 0) is 36.1 Å². The van der Waals surface area contributed by atoms with E-state index in [1.807, 2.05) is 0 Å². The summed E-state index contributed by atoms with van der Waals surface area (Å²) in [5.41, 5.74) is 0.701. The summed E-state index contributed by atoms with van der Waals surface area (Å²) in [5, 5.41) is 11.0. The average molecular weight is 376 g/mol. The Hall–Kier alpha value is -2.94. The van der Waals surface area contributed by atoms with Crippen molar-refractivity contribution in [2.24, 2.45) is 5.92 Å². The van der Waals surface area contributed by atoms with Crippen LogP contribution in [0.25, 0.3) is 0 Å². The minimum absolute atomic E-state index is 0.0725. The van der Waals surface area contributed by atoms with Crippen molar-refractivity contribution in [2.45, 2.75) is 17.2 Å². The van der Waals surface area contributed by atoms with Gasteiger partial charge in [0.15, 0.2) is 4.90 Å². The summed E-state index contributed by atoms with van der Waals surface area (Å²) in [6, 6.07) is 11.7. The second-order valence-electron chi connectivity index (χ2n) is 5.92. The molecule has 0 unspecified atom stereocenters. The Morgan fingerprint density at radius 3 is 2.46 bits per heavy atom. The molecule has 136 valence electrons. The smallest absolute Gasteiger partial charge is 0.309 e. The maximum absolute atomic E-state index is 12.5. The van der Waals surface area contributed by atoms with Crippen molar-refractivity contribution in [3.8, 4) is 0 Å². The monoisotopic (exact) mass is 376 g/mol. The van der Waals surface area contributed by atoms with Crippen LogP contribution in [0, 0.1) is 16.0 Å². The van der Waals surface area contributed by atoms with Gasteiger partial charge < -0.3 is 4.74 Å². The summed E-state index contributed by atoms with van der Waals surface area (Å²) >= 11 is 0. The number of hydrogen-bond donors (Lipinski definition) is 1. The van der Waals surface area contributed by atoms with E-state index < -0.39 is 25.5 Å². The van der Waals surface area contributed by atoms with Gasteiger partial charge in [-0.15, -0.1) is 0 Å². The van der Waals surface area contributed by atoms with Gasteiger partial charge in [-0.25, -0.2) is 8.42 Å². The second-order valence-corrected chi connectivity index (χ2v) is 7.58. The summed E-state index contributed by atoms with van der Waals surface area (Å²) in [6.07, 6.45) is 0.702. The summed E-state index contributed by atoms with van der Waals surface area (Å²) in [7, 11) is -2.75. The van der Waals surface area contributed by atoms with Gasteiger partial charge >= 0.3 is 5.97 Å². The van der Waals surface area contributed by atoms with Crippen LogP contribution in [0.3, 0.4) is 0 Å². The first-order chi connectivity index (χ1) is 12.3. The van der Waals surface area contributed by atoms with Crippen LogP contribution in [0.1, 0.15) is 17.9 Å². The first kappa shape index (κ1) is 17.9. The molecule has 0 bridgehead atoms. The highest BCUT2D eigenvalue weighted by Crippen LogP contribution is 2.48. The van der Waals surface area contributed by atoms with E-state index in [2.05, 4.69) is 4.72 Å². The largest absolute Gasteiger partial charge is 0.469 e. The minimum atomic E-state index is -4.10. The number of carbonyl (C=O) groups is 1. The summed E-state index contributed by atoms with van der Waals surface area (Å²) in [5.74, 6) is -0.339. The van der Waals surface area contributed by atoms with E-state index >= 15 is 0 Å². The number of hydrogen-bond acceptors (Lipinski definition) is 6. The molecular formula is C17H16N2O6S. The molecule has 1 aliphatic rings. The highest BCUT2D eigenvalue weighted by Gasteiger charge is 2.44. The Bertz CT molecular complexity index is 955. The maximum Gasteiger partial charge on any atom is 0.309 e. The molecule has 1 N–H and O–H groups in total.